The highest BCUT2D eigenvalue weighted by Gasteiger charge is 2.11. The SMILES string of the molecule is O=[N+]([O-])c1ccc(SCCS(=O)(=O)Cl)c(Br)c1. The number of nitro groups is 1. The van der Waals surface area contributed by atoms with Crippen LogP contribution in [-0.4, -0.2) is 24.8 Å². The van der Waals surface area contributed by atoms with Crippen LogP contribution in [0.1, 0.15) is 0 Å². The molecule has 1 rings (SSSR count). The number of hydrogen-bond donors (Lipinski definition) is 0. The van der Waals surface area contributed by atoms with Gasteiger partial charge in [-0.05, 0) is 22.0 Å². The van der Waals surface area contributed by atoms with E-state index in [9.17, 15) is 18.5 Å². The summed E-state index contributed by atoms with van der Waals surface area (Å²) in [5, 5.41) is 10.5. The van der Waals surface area contributed by atoms with Crippen molar-refractivity contribution in [3.05, 3.63) is 32.8 Å². The average Bonchev–Trinajstić information content (AvgIpc) is 2.18. The van der Waals surface area contributed by atoms with Gasteiger partial charge in [0.15, 0.2) is 0 Å². The molecule has 0 saturated heterocycles. The second-order valence-corrected chi connectivity index (χ2v) is 7.85. The Kier molecular flexibility index (Phi) is 5.23. The molecule has 0 saturated carbocycles. The number of rotatable bonds is 5. The van der Waals surface area contributed by atoms with Crippen molar-refractivity contribution in [1.82, 2.24) is 0 Å². The van der Waals surface area contributed by atoms with Crippen LogP contribution in [-0.2, 0) is 9.05 Å². The van der Waals surface area contributed by atoms with E-state index in [2.05, 4.69) is 15.9 Å². The van der Waals surface area contributed by atoms with E-state index >= 15 is 0 Å². The lowest BCUT2D eigenvalue weighted by molar-refractivity contribution is -0.385. The molecule has 0 unspecified atom stereocenters. The maximum Gasteiger partial charge on any atom is 0.270 e. The summed E-state index contributed by atoms with van der Waals surface area (Å²) in [6, 6.07) is 4.30. The Morgan fingerprint density at radius 2 is 2.12 bits per heavy atom. The summed E-state index contributed by atoms with van der Waals surface area (Å²) in [5.74, 6) is 0.144. The lowest BCUT2D eigenvalue weighted by Crippen LogP contribution is -1.99. The second kappa shape index (κ2) is 6.03. The highest BCUT2D eigenvalue weighted by atomic mass is 79.9. The largest absolute Gasteiger partial charge is 0.270 e. The van der Waals surface area contributed by atoms with Crippen LogP contribution < -0.4 is 0 Å². The standard InChI is InChI=1S/C8H7BrClNO4S2/c9-7-5-6(11(12)13)1-2-8(7)16-3-4-17(10,14)15/h1-2,5H,3-4H2. The maximum atomic E-state index is 10.7. The molecule has 0 aliphatic carbocycles. The fourth-order valence-electron chi connectivity index (χ4n) is 0.972. The predicted molar refractivity (Wildman–Crippen MR) is 71.2 cm³/mol. The molecule has 0 amide bonds. The average molecular weight is 361 g/mol. The highest BCUT2D eigenvalue weighted by Crippen LogP contribution is 2.30. The summed E-state index contributed by atoms with van der Waals surface area (Å²) in [6.07, 6.45) is 0. The van der Waals surface area contributed by atoms with E-state index in [0.29, 0.717) is 10.2 Å². The molecule has 0 radical (unpaired) electrons. The number of nitrogens with zero attached hydrogens (tertiary/aromatic N) is 1. The van der Waals surface area contributed by atoms with Gasteiger partial charge in [0.05, 0.1) is 10.7 Å². The van der Waals surface area contributed by atoms with Crippen LogP contribution in [0.5, 0.6) is 0 Å². The minimum Gasteiger partial charge on any atom is -0.258 e. The third-order valence-electron chi connectivity index (χ3n) is 1.71. The van der Waals surface area contributed by atoms with Gasteiger partial charge in [-0.3, -0.25) is 10.1 Å². The van der Waals surface area contributed by atoms with Gasteiger partial charge in [-0.2, -0.15) is 0 Å². The smallest absolute Gasteiger partial charge is 0.258 e. The van der Waals surface area contributed by atoms with Gasteiger partial charge in [0.2, 0.25) is 9.05 Å². The lowest BCUT2D eigenvalue weighted by Gasteiger charge is -2.02. The van der Waals surface area contributed by atoms with E-state index in [1.165, 1.54) is 23.9 Å². The number of hydrogen-bond acceptors (Lipinski definition) is 5. The van der Waals surface area contributed by atoms with Crippen molar-refractivity contribution >= 4 is 53.1 Å². The monoisotopic (exact) mass is 359 g/mol. The Balaban J connectivity index is 2.70. The summed E-state index contributed by atoms with van der Waals surface area (Å²) < 4.78 is 22.0. The maximum absolute atomic E-state index is 10.7. The fraction of sp³-hybridized carbons (Fsp3) is 0.250. The molecule has 0 atom stereocenters. The molecule has 0 fully saturated rings. The zero-order chi connectivity index (χ0) is 13.1. The Labute approximate surface area is 115 Å². The van der Waals surface area contributed by atoms with Gasteiger partial charge >= 0.3 is 0 Å². The number of halogens is 2. The molecular formula is C8H7BrClNO4S2. The van der Waals surface area contributed by atoms with Gasteiger partial charge in [-0.15, -0.1) is 11.8 Å². The minimum atomic E-state index is -3.50. The quantitative estimate of drug-likeness (QED) is 0.349. The molecule has 0 bridgehead atoms. The molecule has 0 aliphatic heterocycles. The van der Waals surface area contributed by atoms with E-state index < -0.39 is 14.0 Å². The van der Waals surface area contributed by atoms with E-state index in [-0.39, 0.29) is 11.4 Å². The van der Waals surface area contributed by atoms with Crippen molar-refractivity contribution in [1.29, 1.82) is 0 Å². The van der Waals surface area contributed by atoms with Crippen LogP contribution in [0.4, 0.5) is 5.69 Å². The number of non-ortho nitro benzene ring substituents is 1. The van der Waals surface area contributed by atoms with Crippen molar-refractivity contribution in [2.45, 2.75) is 4.90 Å². The number of benzene rings is 1. The van der Waals surface area contributed by atoms with Crippen molar-refractivity contribution < 1.29 is 13.3 Å². The summed E-state index contributed by atoms with van der Waals surface area (Å²) in [4.78, 5) is 10.7. The van der Waals surface area contributed by atoms with Gasteiger partial charge in [0, 0.05) is 37.9 Å². The molecule has 17 heavy (non-hydrogen) atoms. The highest BCUT2D eigenvalue weighted by molar-refractivity contribution is 9.10. The zero-order valence-electron chi connectivity index (χ0n) is 8.30. The third kappa shape index (κ3) is 5.24. The summed E-state index contributed by atoms with van der Waals surface area (Å²) in [5.41, 5.74) is -0.0220. The molecule has 0 spiro atoms. The predicted octanol–water partition coefficient (Wildman–Crippen LogP) is 3.02. The fourth-order valence-corrected chi connectivity index (χ4v) is 3.96. The summed E-state index contributed by atoms with van der Waals surface area (Å²) in [7, 11) is 1.56. The minimum absolute atomic E-state index is 0.0220. The van der Waals surface area contributed by atoms with Gasteiger partial charge in [0.25, 0.3) is 5.69 Å². The van der Waals surface area contributed by atoms with Crippen molar-refractivity contribution in [3.8, 4) is 0 Å². The Morgan fingerprint density at radius 3 is 2.59 bits per heavy atom. The molecule has 0 heterocycles. The first-order chi connectivity index (χ1) is 7.79. The summed E-state index contributed by atoms with van der Waals surface area (Å²) >= 11 is 4.45. The molecule has 0 aliphatic rings. The Morgan fingerprint density at radius 1 is 1.47 bits per heavy atom. The van der Waals surface area contributed by atoms with Crippen LogP contribution in [0.25, 0.3) is 0 Å². The lowest BCUT2D eigenvalue weighted by atomic mass is 10.3. The van der Waals surface area contributed by atoms with Crippen LogP contribution in [0.3, 0.4) is 0 Å². The first kappa shape index (κ1) is 14.7. The second-order valence-electron chi connectivity index (χ2n) is 2.96. The molecule has 94 valence electrons. The molecule has 1 aromatic rings. The normalized spacial score (nSPS) is 11.4. The molecular weight excluding hydrogens is 354 g/mol. The van der Waals surface area contributed by atoms with Crippen LogP contribution in [0, 0.1) is 10.1 Å². The first-order valence-electron chi connectivity index (χ1n) is 4.28. The van der Waals surface area contributed by atoms with E-state index in [4.69, 9.17) is 10.7 Å². The van der Waals surface area contributed by atoms with Gasteiger partial charge < -0.3 is 0 Å². The van der Waals surface area contributed by atoms with Crippen molar-refractivity contribution in [2.24, 2.45) is 0 Å². The van der Waals surface area contributed by atoms with E-state index in [1.807, 2.05) is 0 Å². The molecule has 0 aromatic heterocycles. The first-order valence-corrected chi connectivity index (χ1v) is 8.54. The van der Waals surface area contributed by atoms with Crippen molar-refractivity contribution in [3.63, 3.8) is 0 Å². The van der Waals surface area contributed by atoms with Gasteiger partial charge in [0.1, 0.15) is 0 Å². The van der Waals surface area contributed by atoms with Crippen molar-refractivity contribution in [2.75, 3.05) is 11.5 Å². The van der Waals surface area contributed by atoms with E-state index in [1.54, 1.807) is 6.07 Å². The van der Waals surface area contributed by atoms with Gasteiger partial charge in [-0.1, -0.05) is 0 Å². The third-order valence-corrected chi connectivity index (χ3v) is 5.12. The van der Waals surface area contributed by atoms with Gasteiger partial charge in [-0.25, -0.2) is 8.42 Å². The van der Waals surface area contributed by atoms with E-state index in [0.717, 1.165) is 4.90 Å². The zero-order valence-corrected chi connectivity index (χ0v) is 12.3. The number of thioether (sulfide) groups is 1. The van der Waals surface area contributed by atoms with Crippen LogP contribution in [0.2, 0.25) is 0 Å². The molecule has 1 aromatic carbocycles. The molecule has 0 N–H and O–H groups in total. The topological polar surface area (TPSA) is 77.3 Å². The Hall–Kier alpha value is -0.310. The Bertz CT molecular complexity index is 534. The number of nitro benzene ring substituents is 1. The van der Waals surface area contributed by atoms with Crippen LogP contribution >= 0.6 is 38.4 Å². The summed E-state index contributed by atoms with van der Waals surface area (Å²) in [6.45, 7) is 0. The molecule has 5 nitrogen and oxygen atoms in total. The van der Waals surface area contributed by atoms with Crippen LogP contribution in [0.15, 0.2) is 27.6 Å². The molecule has 9 heteroatoms.